The second kappa shape index (κ2) is 9.63. The number of hydrogen-bond donors (Lipinski definition) is 2. The molecule has 0 aliphatic heterocycles. The third kappa shape index (κ3) is 6.07. The van der Waals surface area contributed by atoms with E-state index in [1.807, 2.05) is 23.0 Å². The molecule has 0 radical (unpaired) electrons. The van der Waals surface area contributed by atoms with Crippen LogP contribution in [0.2, 0.25) is 5.02 Å². The Morgan fingerprint density at radius 2 is 1.68 bits per heavy atom. The fraction of sp³-hybridized carbons (Fsp3) is 0.136. The summed E-state index contributed by atoms with van der Waals surface area (Å²) in [5, 5.41) is 16.0. The molecule has 158 valence electrons. The van der Waals surface area contributed by atoms with E-state index in [2.05, 4.69) is 52.0 Å². The third-order valence-corrected chi connectivity index (χ3v) is 4.85. The highest BCUT2D eigenvalue weighted by atomic mass is 35.5. The number of benzene rings is 2. The molecule has 2 N–H and O–H groups in total. The van der Waals surface area contributed by atoms with Gasteiger partial charge in [-0.3, -0.25) is 4.68 Å². The fourth-order valence-electron chi connectivity index (χ4n) is 2.88. The number of nitrogens with one attached hydrogen (secondary N) is 2. The molecule has 2 aromatic heterocycles. The van der Waals surface area contributed by atoms with E-state index in [1.54, 1.807) is 35.4 Å². The van der Waals surface area contributed by atoms with Crippen LogP contribution in [0.1, 0.15) is 11.1 Å². The molecule has 31 heavy (non-hydrogen) atoms. The lowest BCUT2D eigenvalue weighted by Crippen LogP contribution is -2.18. The summed E-state index contributed by atoms with van der Waals surface area (Å²) >= 11 is 11.4. The first-order valence-electron chi connectivity index (χ1n) is 9.60. The van der Waals surface area contributed by atoms with Gasteiger partial charge in [0, 0.05) is 11.2 Å². The smallest absolute Gasteiger partial charge is 0.180 e. The molecule has 2 heterocycles. The van der Waals surface area contributed by atoms with Gasteiger partial charge in [0.1, 0.15) is 5.75 Å². The fourth-order valence-corrected chi connectivity index (χ4v) is 3.30. The van der Waals surface area contributed by atoms with E-state index in [4.69, 9.17) is 28.6 Å². The average Bonchev–Trinajstić information content (AvgIpc) is 3.37. The van der Waals surface area contributed by atoms with E-state index in [9.17, 15) is 0 Å². The van der Waals surface area contributed by atoms with Gasteiger partial charge in [-0.15, -0.1) is 0 Å². The number of aryl methyl sites for hydroxylation is 1. The summed E-state index contributed by atoms with van der Waals surface area (Å²) in [6, 6.07) is 15.6. The highest BCUT2D eigenvalue weighted by Crippen LogP contribution is 2.18. The lowest BCUT2D eigenvalue weighted by atomic mass is 10.1. The van der Waals surface area contributed by atoms with Crippen molar-refractivity contribution in [1.82, 2.24) is 19.6 Å². The summed E-state index contributed by atoms with van der Waals surface area (Å²) in [5.74, 6) is 0.678. The Labute approximate surface area is 190 Å². The van der Waals surface area contributed by atoms with Gasteiger partial charge in [-0.1, -0.05) is 47.5 Å². The second-order valence-electron chi connectivity index (χ2n) is 6.99. The van der Waals surface area contributed by atoms with Crippen molar-refractivity contribution in [2.45, 2.75) is 20.2 Å². The summed E-state index contributed by atoms with van der Waals surface area (Å²) in [6.45, 7) is 3.03. The van der Waals surface area contributed by atoms with E-state index in [-0.39, 0.29) is 6.73 Å². The van der Waals surface area contributed by atoms with E-state index in [1.165, 1.54) is 11.1 Å². The number of halogens is 1. The van der Waals surface area contributed by atoms with E-state index in [0.29, 0.717) is 22.4 Å². The number of rotatable bonds is 7. The average molecular weight is 453 g/mol. The molecule has 0 aliphatic rings. The van der Waals surface area contributed by atoms with Gasteiger partial charge in [-0.05, 0) is 42.9 Å². The van der Waals surface area contributed by atoms with Crippen LogP contribution < -0.4 is 15.4 Å². The summed E-state index contributed by atoms with van der Waals surface area (Å²) in [4.78, 5) is 0. The second-order valence-corrected chi connectivity index (χ2v) is 7.84. The Morgan fingerprint density at radius 3 is 2.39 bits per heavy atom. The molecule has 2 aromatic carbocycles. The monoisotopic (exact) mass is 452 g/mol. The zero-order chi connectivity index (χ0) is 21.6. The summed E-state index contributed by atoms with van der Waals surface area (Å²) in [5.41, 5.74) is 3.98. The Morgan fingerprint density at radius 1 is 1.00 bits per heavy atom. The van der Waals surface area contributed by atoms with Gasteiger partial charge in [0.25, 0.3) is 0 Å². The van der Waals surface area contributed by atoms with Crippen LogP contribution in [0.15, 0.2) is 73.3 Å². The molecule has 7 nitrogen and oxygen atoms in total. The molecular weight excluding hydrogens is 432 g/mol. The molecule has 0 fully saturated rings. The van der Waals surface area contributed by atoms with Gasteiger partial charge in [0.05, 0.1) is 36.5 Å². The summed E-state index contributed by atoms with van der Waals surface area (Å²) < 4.78 is 9.19. The molecule has 4 rings (SSSR count). The summed E-state index contributed by atoms with van der Waals surface area (Å²) in [6.07, 6.45) is 7.13. The van der Waals surface area contributed by atoms with Crippen molar-refractivity contribution in [3.63, 3.8) is 0 Å². The van der Waals surface area contributed by atoms with Crippen LogP contribution in [0.4, 0.5) is 11.4 Å². The summed E-state index contributed by atoms with van der Waals surface area (Å²) in [7, 11) is 0. The molecule has 9 heteroatoms. The molecule has 0 aliphatic carbocycles. The molecule has 0 bridgehead atoms. The first-order valence-corrected chi connectivity index (χ1v) is 10.4. The molecule has 0 atom stereocenters. The number of anilines is 2. The van der Waals surface area contributed by atoms with Crippen molar-refractivity contribution in [3.8, 4) is 5.75 Å². The quantitative estimate of drug-likeness (QED) is 0.387. The van der Waals surface area contributed by atoms with Crippen molar-refractivity contribution in [3.05, 3.63) is 89.5 Å². The minimum Gasteiger partial charge on any atom is -0.471 e. The van der Waals surface area contributed by atoms with Crippen LogP contribution >= 0.6 is 23.8 Å². The first-order chi connectivity index (χ1) is 15.0. The van der Waals surface area contributed by atoms with Gasteiger partial charge in [0.15, 0.2) is 11.8 Å². The number of ether oxygens (including phenoxy) is 1. The van der Waals surface area contributed by atoms with E-state index in [0.717, 1.165) is 11.4 Å². The molecule has 0 amide bonds. The van der Waals surface area contributed by atoms with Crippen molar-refractivity contribution >= 4 is 40.3 Å². The normalized spacial score (nSPS) is 10.6. The largest absolute Gasteiger partial charge is 0.471 e. The maximum atomic E-state index is 5.96. The molecule has 0 spiro atoms. The van der Waals surface area contributed by atoms with Gasteiger partial charge in [0.2, 0.25) is 0 Å². The molecule has 4 aromatic rings. The number of nitrogens with zero attached hydrogens (tertiary/aromatic N) is 4. The van der Waals surface area contributed by atoms with Crippen LogP contribution in [-0.4, -0.2) is 24.7 Å². The molecular formula is C22H21ClN6OS. The van der Waals surface area contributed by atoms with Gasteiger partial charge < -0.3 is 15.4 Å². The maximum Gasteiger partial charge on any atom is 0.180 e. The Hall–Kier alpha value is -3.36. The van der Waals surface area contributed by atoms with Crippen molar-refractivity contribution < 1.29 is 4.74 Å². The highest BCUT2D eigenvalue weighted by Gasteiger charge is 2.05. The van der Waals surface area contributed by atoms with Crippen LogP contribution in [-0.2, 0) is 13.3 Å². The zero-order valence-electron chi connectivity index (χ0n) is 16.8. The predicted molar refractivity (Wildman–Crippen MR) is 127 cm³/mol. The Kier molecular flexibility index (Phi) is 6.49. The van der Waals surface area contributed by atoms with Crippen LogP contribution in [0.3, 0.4) is 0 Å². The molecule has 0 unspecified atom stereocenters. The van der Waals surface area contributed by atoms with Crippen molar-refractivity contribution in [2.24, 2.45) is 0 Å². The van der Waals surface area contributed by atoms with Gasteiger partial charge >= 0.3 is 0 Å². The standard InChI is InChI=1S/C22H21ClN6OS/c1-16-5-7-17(8-6-16)12-28-13-19(10-24-28)26-22(31)27-20-11-25-29(14-20)15-30-21-4-2-3-18(23)9-21/h2-11,13-14H,12,15H2,1H3,(H2,26,27,31). The topological polar surface area (TPSA) is 68.9 Å². The van der Waals surface area contributed by atoms with E-state index < -0.39 is 0 Å². The number of aromatic nitrogens is 4. The molecule has 0 saturated carbocycles. The zero-order valence-corrected chi connectivity index (χ0v) is 18.4. The first kappa shape index (κ1) is 20.9. The van der Waals surface area contributed by atoms with Crippen LogP contribution in [0, 0.1) is 6.92 Å². The molecule has 0 saturated heterocycles. The lowest BCUT2D eigenvalue weighted by molar-refractivity contribution is 0.221. The minimum atomic E-state index is 0.258. The number of thiocarbonyl (C=S) groups is 1. The minimum absolute atomic E-state index is 0.258. The predicted octanol–water partition coefficient (Wildman–Crippen LogP) is 4.94. The number of hydrogen-bond acceptors (Lipinski definition) is 4. The van der Waals surface area contributed by atoms with Crippen molar-refractivity contribution in [1.29, 1.82) is 0 Å². The SMILES string of the molecule is Cc1ccc(Cn2cc(NC(=S)Nc3cnn(COc4cccc(Cl)c4)c3)cn2)cc1. The Balaban J connectivity index is 1.27. The Bertz CT molecular complexity index is 1170. The third-order valence-electron chi connectivity index (χ3n) is 4.41. The van der Waals surface area contributed by atoms with Crippen LogP contribution in [0.25, 0.3) is 0 Å². The van der Waals surface area contributed by atoms with Gasteiger partial charge in [-0.2, -0.15) is 10.2 Å². The maximum absolute atomic E-state index is 5.96. The van der Waals surface area contributed by atoms with Crippen LogP contribution in [0.5, 0.6) is 5.75 Å². The van der Waals surface area contributed by atoms with Gasteiger partial charge in [-0.25, -0.2) is 4.68 Å². The van der Waals surface area contributed by atoms with E-state index >= 15 is 0 Å². The van der Waals surface area contributed by atoms with Crippen molar-refractivity contribution in [2.75, 3.05) is 10.6 Å². The lowest BCUT2D eigenvalue weighted by Gasteiger charge is -2.07. The highest BCUT2D eigenvalue weighted by molar-refractivity contribution is 7.80.